The lowest BCUT2D eigenvalue weighted by molar-refractivity contribution is -0.120. The molecule has 1 aromatic rings. The summed E-state index contributed by atoms with van der Waals surface area (Å²) in [5.74, 6) is 1.07. The first kappa shape index (κ1) is 21.4. The molecule has 0 bridgehead atoms. The van der Waals surface area contributed by atoms with Crippen LogP contribution in [0.15, 0.2) is 31.9 Å². The van der Waals surface area contributed by atoms with Gasteiger partial charge < -0.3 is 15.8 Å². The normalized spacial score (nSPS) is 20.1. The molecule has 10 heteroatoms. The van der Waals surface area contributed by atoms with Crippen molar-refractivity contribution in [3.8, 4) is 5.75 Å². The van der Waals surface area contributed by atoms with Gasteiger partial charge >= 0.3 is 0 Å². The van der Waals surface area contributed by atoms with E-state index in [4.69, 9.17) is 15.6 Å². The third kappa shape index (κ3) is 3.91. The molecule has 1 unspecified atom stereocenters. The van der Waals surface area contributed by atoms with Crippen molar-refractivity contribution in [1.29, 1.82) is 0 Å². The highest BCUT2D eigenvalue weighted by molar-refractivity contribution is 7.99. The lowest BCUT2D eigenvalue weighted by Gasteiger charge is -2.23. The Labute approximate surface area is 186 Å². The number of nitrogens with zero attached hydrogens (tertiary/aromatic N) is 5. The second-order valence-corrected chi connectivity index (χ2v) is 8.96. The molecule has 0 saturated carbocycles. The number of aromatic nitrogens is 1. The van der Waals surface area contributed by atoms with Crippen LogP contribution in [0.5, 0.6) is 5.75 Å². The average molecular weight is 442 g/mol. The number of carbonyl (C=O) groups is 1. The second-order valence-electron chi connectivity index (χ2n) is 8.10. The fourth-order valence-corrected chi connectivity index (χ4v) is 4.90. The van der Waals surface area contributed by atoms with Gasteiger partial charge in [0, 0.05) is 28.9 Å². The zero-order valence-corrected chi connectivity index (χ0v) is 19.2. The maximum absolute atomic E-state index is 12.8. The second kappa shape index (κ2) is 8.33. The standard InChI is InChI=1S/C21H27N7O2S/c1-10(2)24-21(29)19-13-6-7-14-16(13)17(20(22)27-31-19)26-28(25-14)9-15-12(4)18(30-5)11(3)8-23-15/h8,10,19H,6-7,9H2,1-5H3,(H2,22,27)(H,24,29). The van der Waals surface area contributed by atoms with Crippen molar-refractivity contribution in [2.75, 3.05) is 7.11 Å². The van der Waals surface area contributed by atoms with Crippen LogP contribution >= 0.6 is 11.9 Å². The lowest BCUT2D eigenvalue weighted by Crippen LogP contribution is -2.38. The number of nitrogens with one attached hydrogen (secondary N) is 1. The van der Waals surface area contributed by atoms with Crippen molar-refractivity contribution in [2.45, 2.75) is 58.4 Å². The number of hydrogen-bond donors (Lipinski definition) is 2. The fourth-order valence-electron chi connectivity index (χ4n) is 4.06. The summed E-state index contributed by atoms with van der Waals surface area (Å²) in [6.45, 7) is 8.21. The van der Waals surface area contributed by atoms with E-state index in [1.54, 1.807) is 18.4 Å². The molecule has 9 nitrogen and oxygen atoms in total. The molecule has 3 N–H and O–H groups in total. The van der Waals surface area contributed by atoms with Crippen LogP contribution in [0.2, 0.25) is 0 Å². The van der Waals surface area contributed by atoms with Crippen molar-refractivity contribution >= 4 is 35.1 Å². The minimum Gasteiger partial charge on any atom is -0.496 e. The summed E-state index contributed by atoms with van der Waals surface area (Å²) >= 11 is 1.19. The number of hydrogen-bond acceptors (Lipinski definition) is 9. The van der Waals surface area contributed by atoms with Gasteiger partial charge in [-0.2, -0.15) is 19.7 Å². The summed E-state index contributed by atoms with van der Waals surface area (Å²) in [5.41, 5.74) is 12.4. The molecule has 0 radical (unpaired) electrons. The largest absolute Gasteiger partial charge is 0.496 e. The van der Waals surface area contributed by atoms with Crippen molar-refractivity contribution in [2.24, 2.45) is 20.3 Å². The van der Waals surface area contributed by atoms with E-state index >= 15 is 0 Å². The van der Waals surface area contributed by atoms with Gasteiger partial charge in [-0.1, -0.05) is 0 Å². The molecular formula is C21H27N7O2S. The smallest absolute Gasteiger partial charge is 0.239 e. The molecule has 1 amide bonds. The van der Waals surface area contributed by atoms with Gasteiger partial charge in [-0.15, -0.1) is 0 Å². The Morgan fingerprint density at radius 3 is 2.84 bits per heavy atom. The number of pyridine rings is 1. The molecule has 0 saturated heterocycles. The Hall–Kier alpha value is -2.88. The Kier molecular flexibility index (Phi) is 5.74. The molecule has 164 valence electrons. The zero-order valence-electron chi connectivity index (χ0n) is 18.4. The van der Waals surface area contributed by atoms with Crippen LogP contribution in [0.4, 0.5) is 0 Å². The van der Waals surface area contributed by atoms with Crippen LogP contribution in [0.1, 0.15) is 43.5 Å². The van der Waals surface area contributed by atoms with Crippen LogP contribution in [0.3, 0.4) is 0 Å². The third-order valence-corrected chi connectivity index (χ3v) is 6.47. The van der Waals surface area contributed by atoms with Gasteiger partial charge in [-0.05, 0) is 58.1 Å². The summed E-state index contributed by atoms with van der Waals surface area (Å²) in [6, 6.07) is 0.0510. The van der Waals surface area contributed by atoms with Crippen LogP contribution in [-0.2, 0) is 11.3 Å². The van der Waals surface area contributed by atoms with Crippen molar-refractivity contribution in [3.63, 3.8) is 0 Å². The van der Waals surface area contributed by atoms with Gasteiger partial charge in [0.1, 0.15) is 23.3 Å². The summed E-state index contributed by atoms with van der Waals surface area (Å²) in [7, 11) is 1.66. The maximum Gasteiger partial charge on any atom is 0.239 e. The highest BCUT2D eigenvalue weighted by Crippen LogP contribution is 2.38. The number of ether oxygens (including phenoxy) is 1. The SMILES string of the molecule is COc1c(C)cnc(CN2N=C3CCC4=C3C(=N2)C(N)=NSC4C(=O)NC(C)C)c1C. The maximum atomic E-state index is 12.8. The molecule has 3 aliphatic rings. The fraction of sp³-hybridized carbons (Fsp3) is 0.476. The number of aryl methyl sites for hydroxylation is 1. The van der Waals surface area contributed by atoms with Crippen LogP contribution in [-0.4, -0.2) is 51.7 Å². The molecule has 1 atom stereocenters. The number of amides is 1. The Balaban J connectivity index is 1.69. The van der Waals surface area contributed by atoms with Crippen molar-refractivity contribution in [1.82, 2.24) is 15.4 Å². The predicted octanol–water partition coefficient (Wildman–Crippen LogP) is 2.24. The number of methoxy groups -OCH3 is 1. The summed E-state index contributed by atoms with van der Waals surface area (Å²) in [5, 5.41) is 13.6. The van der Waals surface area contributed by atoms with E-state index in [9.17, 15) is 4.79 Å². The van der Waals surface area contributed by atoms with Crippen LogP contribution < -0.4 is 15.8 Å². The predicted molar refractivity (Wildman–Crippen MR) is 123 cm³/mol. The van der Waals surface area contributed by atoms with Gasteiger partial charge in [-0.25, -0.2) is 0 Å². The van der Waals surface area contributed by atoms with E-state index in [-0.39, 0.29) is 11.9 Å². The van der Waals surface area contributed by atoms with E-state index in [0.29, 0.717) is 18.1 Å². The topological polar surface area (TPSA) is 118 Å². The quantitative estimate of drug-likeness (QED) is 0.677. The van der Waals surface area contributed by atoms with Crippen LogP contribution in [0, 0.1) is 13.8 Å². The monoisotopic (exact) mass is 441 g/mol. The van der Waals surface area contributed by atoms with Gasteiger partial charge in [0.05, 0.1) is 18.5 Å². The van der Waals surface area contributed by atoms with Crippen molar-refractivity contribution in [3.05, 3.63) is 34.2 Å². The Morgan fingerprint density at radius 1 is 1.35 bits per heavy atom. The van der Waals surface area contributed by atoms with Gasteiger partial charge in [0.25, 0.3) is 0 Å². The highest BCUT2D eigenvalue weighted by Gasteiger charge is 2.39. The molecule has 0 aromatic carbocycles. The van der Waals surface area contributed by atoms with E-state index in [2.05, 4.69) is 19.8 Å². The van der Waals surface area contributed by atoms with E-state index in [0.717, 1.165) is 52.3 Å². The molecule has 1 aliphatic carbocycles. The van der Waals surface area contributed by atoms with E-state index in [1.807, 2.05) is 27.7 Å². The van der Waals surface area contributed by atoms with E-state index < -0.39 is 5.25 Å². The summed E-state index contributed by atoms with van der Waals surface area (Å²) < 4.78 is 9.91. The van der Waals surface area contributed by atoms with E-state index in [1.165, 1.54) is 11.9 Å². The lowest BCUT2D eigenvalue weighted by atomic mass is 10.0. The molecule has 3 heterocycles. The third-order valence-electron chi connectivity index (χ3n) is 5.45. The first-order chi connectivity index (χ1) is 14.8. The minimum atomic E-state index is -0.423. The van der Waals surface area contributed by atoms with Crippen LogP contribution in [0.25, 0.3) is 0 Å². The molecule has 4 rings (SSSR count). The number of amidine groups is 1. The average Bonchev–Trinajstić information content (AvgIpc) is 3.06. The first-order valence-electron chi connectivity index (χ1n) is 10.3. The number of carbonyl (C=O) groups excluding carboxylic acids is 1. The molecule has 0 fully saturated rings. The molecule has 2 aliphatic heterocycles. The molecule has 1 aromatic heterocycles. The number of hydrazone groups is 2. The van der Waals surface area contributed by atoms with Gasteiger partial charge in [-0.3, -0.25) is 9.78 Å². The minimum absolute atomic E-state index is 0.0510. The first-order valence-corrected chi connectivity index (χ1v) is 11.1. The van der Waals surface area contributed by atoms with Gasteiger partial charge in [0.15, 0.2) is 5.84 Å². The van der Waals surface area contributed by atoms with Gasteiger partial charge in [0.2, 0.25) is 5.91 Å². The number of rotatable bonds is 5. The molecular weight excluding hydrogens is 414 g/mol. The Morgan fingerprint density at radius 2 is 2.13 bits per heavy atom. The molecule has 0 spiro atoms. The van der Waals surface area contributed by atoms with Crippen molar-refractivity contribution < 1.29 is 9.53 Å². The summed E-state index contributed by atoms with van der Waals surface area (Å²) in [4.78, 5) is 17.3. The Bertz CT molecular complexity index is 1060. The summed E-state index contributed by atoms with van der Waals surface area (Å²) in [6.07, 6.45) is 3.27. The zero-order chi connectivity index (χ0) is 22.3. The number of nitrogens with two attached hydrogens (primary N) is 1. The molecule has 31 heavy (non-hydrogen) atoms. The highest BCUT2D eigenvalue weighted by atomic mass is 32.2.